The summed E-state index contributed by atoms with van der Waals surface area (Å²) in [5.41, 5.74) is 1.69. The molecule has 100 valence electrons. The minimum atomic E-state index is -0.583. The number of hydrogen-bond donors (Lipinski definition) is 1. The Morgan fingerprint density at radius 3 is 2.74 bits per heavy atom. The zero-order valence-electron chi connectivity index (χ0n) is 10.7. The highest BCUT2D eigenvalue weighted by atomic mass is 127. The molecule has 0 aliphatic rings. The lowest BCUT2D eigenvalue weighted by atomic mass is 10.1. The quantitative estimate of drug-likeness (QED) is 0.667. The van der Waals surface area contributed by atoms with Crippen LogP contribution in [0.3, 0.4) is 0 Å². The molecule has 2 aromatic rings. The lowest BCUT2D eigenvalue weighted by molar-refractivity contribution is 0.0524. The van der Waals surface area contributed by atoms with Crippen molar-refractivity contribution in [3.8, 4) is 0 Å². The van der Waals surface area contributed by atoms with E-state index in [0.717, 1.165) is 15.5 Å². The normalized spacial score (nSPS) is 10.7. The molecule has 0 saturated carbocycles. The second kappa shape index (κ2) is 5.73. The molecule has 1 heterocycles. The first-order valence-corrected chi connectivity index (χ1v) is 7.17. The van der Waals surface area contributed by atoms with Crippen molar-refractivity contribution in [3.05, 3.63) is 43.2 Å². The van der Waals surface area contributed by atoms with Gasteiger partial charge in [-0.15, -0.1) is 0 Å². The Balaban J connectivity index is 2.65. The molecular weight excluding hydrogens is 357 g/mol. The maximum atomic E-state index is 12.3. The Bertz CT molecular complexity index is 691. The number of carbonyl (C=O) groups is 1. The van der Waals surface area contributed by atoms with E-state index in [4.69, 9.17) is 4.74 Å². The standard InChI is InChI=1S/C14H14INO3/c1-3-8-5-12-9(6-11(8)15)13(17)10(7-16-12)14(18)19-4-2/h5-7H,3-4H2,1-2H3,(H,16,17). The highest BCUT2D eigenvalue weighted by Crippen LogP contribution is 2.19. The van der Waals surface area contributed by atoms with E-state index >= 15 is 0 Å². The van der Waals surface area contributed by atoms with Gasteiger partial charge in [0.2, 0.25) is 5.43 Å². The highest BCUT2D eigenvalue weighted by Gasteiger charge is 2.14. The molecule has 0 atom stereocenters. The lowest BCUT2D eigenvalue weighted by Crippen LogP contribution is -2.18. The zero-order chi connectivity index (χ0) is 14.0. The minimum Gasteiger partial charge on any atom is -0.462 e. The summed E-state index contributed by atoms with van der Waals surface area (Å²) in [5, 5.41) is 0.521. The Labute approximate surface area is 124 Å². The number of hydrogen-bond acceptors (Lipinski definition) is 3. The number of aromatic nitrogens is 1. The molecule has 0 fully saturated rings. The Kier molecular flexibility index (Phi) is 4.24. The van der Waals surface area contributed by atoms with Crippen molar-refractivity contribution in [1.82, 2.24) is 4.98 Å². The first-order valence-electron chi connectivity index (χ1n) is 6.09. The number of carbonyl (C=O) groups excluding carboxylic acids is 1. The number of fused-ring (bicyclic) bond motifs is 1. The fourth-order valence-corrected chi connectivity index (χ4v) is 2.77. The van der Waals surface area contributed by atoms with Crippen LogP contribution in [0.2, 0.25) is 0 Å². The number of rotatable bonds is 3. The predicted molar refractivity (Wildman–Crippen MR) is 82.6 cm³/mol. The maximum absolute atomic E-state index is 12.3. The summed E-state index contributed by atoms with van der Waals surface area (Å²) in [4.78, 5) is 26.9. The number of pyridine rings is 1. The topological polar surface area (TPSA) is 59.2 Å². The minimum absolute atomic E-state index is 0.0504. The Hall–Kier alpha value is -1.37. The van der Waals surface area contributed by atoms with Crippen molar-refractivity contribution in [3.63, 3.8) is 0 Å². The average Bonchev–Trinajstić information content (AvgIpc) is 2.39. The van der Waals surface area contributed by atoms with Crippen LogP contribution in [0.5, 0.6) is 0 Å². The summed E-state index contributed by atoms with van der Waals surface area (Å²) in [6.45, 7) is 4.03. The number of halogens is 1. The van der Waals surface area contributed by atoms with Crippen LogP contribution in [0.25, 0.3) is 10.9 Å². The van der Waals surface area contributed by atoms with Gasteiger partial charge < -0.3 is 9.72 Å². The second-order valence-electron chi connectivity index (χ2n) is 4.09. The molecule has 0 spiro atoms. The third kappa shape index (κ3) is 2.65. The van der Waals surface area contributed by atoms with Crippen molar-refractivity contribution >= 4 is 39.5 Å². The maximum Gasteiger partial charge on any atom is 0.343 e. The van der Waals surface area contributed by atoms with E-state index in [-0.39, 0.29) is 17.6 Å². The molecule has 0 radical (unpaired) electrons. The van der Waals surface area contributed by atoms with Crippen molar-refractivity contribution < 1.29 is 9.53 Å². The molecule has 5 heteroatoms. The van der Waals surface area contributed by atoms with Gasteiger partial charge in [0.15, 0.2) is 0 Å². The summed E-state index contributed by atoms with van der Waals surface area (Å²) < 4.78 is 5.90. The number of benzene rings is 1. The molecule has 0 saturated heterocycles. The fourth-order valence-electron chi connectivity index (χ4n) is 1.92. The van der Waals surface area contributed by atoms with Gasteiger partial charge in [-0.1, -0.05) is 6.92 Å². The van der Waals surface area contributed by atoms with Gasteiger partial charge in [-0.25, -0.2) is 4.79 Å². The molecular formula is C14H14INO3. The van der Waals surface area contributed by atoms with Crippen LogP contribution in [0.1, 0.15) is 29.8 Å². The molecule has 2 rings (SSSR count). The van der Waals surface area contributed by atoms with Gasteiger partial charge in [-0.3, -0.25) is 4.79 Å². The SMILES string of the molecule is CCOC(=O)c1c[nH]c2cc(CC)c(I)cc2c1=O. The number of H-pyrrole nitrogens is 1. The second-order valence-corrected chi connectivity index (χ2v) is 5.26. The van der Waals surface area contributed by atoms with Crippen molar-refractivity contribution in [1.29, 1.82) is 0 Å². The van der Waals surface area contributed by atoms with E-state index in [1.807, 2.05) is 12.1 Å². The molecule has 1 N–H and O–H groups in total. The van der Waals surface area contributed by atoms with Gasteiger partial charge in [0.05, 0.1) is 6.61 Å². The van der Waals surface area contributed by atoms with Gasteiger partial charge in [0, 0.05) is 20.7 Å². The molecule has 0 aliphatic heterocycles. The molecule has 0 amide bonds. The van der Waals surface area contributed by atoms with Crippen molar-refractivity contribution in [2.45, 2.75) is 20.3 Å². The number of ether oxygens (including phenoxy) is 1. The zero-order valence-corrected chi connectivity index (χ0v) is 12.9. The van der Waals surface area contributed by atoms with E-state index in [2.05, 4.69) is 34.5 Å². The molecule has 19 heavy (non-hydrogen) atoms. The third-order valence-electron chi connectivity index (χ3n) is 2.92. The first-order chi connectivity index (χ1) is 9.08. The van der Waals surface area contributed by atoms with E-state index in [9.17, 15) is 9.59 Å². The van der Waals surface area contributed by atoms with Crippen molar-refractivity contribution in [2.24, 2.45) is 0 Å². The molecule has 0 aliphatic carbocycles. The average molecular weight is 371 g/mol. The molecule has 1 aromatic heterocycles. The van der Waals surface area contributed by atoms with E-state index in [0.29, 0.717) is 5.39 Å². The van der Waals surface area contributed by atoms with Crippen molar-refractivity contribution in [2.75, 3.05) is 6.61 Å². The monoisotopic (exact) mass is 371 g/mol. The van der Waals surface area contributed by atoms with Gasteiger partial charge >= 0.3 is 5.97 Å². The first kappa shape index (κ1) is 14.0. The molecule has 1 aromatic carbocycles. The Morgan fingerprint density at radius 2 is 2.11 bits per heavy atom. The van der Waals surface area contributed by atoms with Gasteiger partial charge in [-0.05, 0) is 53.6 Å². The largest absolute Gasteiger partial charge is 0.462 e. The van der Waals surface area contributed by atoms with Crippen LogP contribution in [0.4, 0.5) is 0 Å². The molecule has 0 bridgehead atoms. The van der Waals surface area contributed by atoms with E-state index < -0.39 is 5.97 Å². The Morgan fingerprint density at radius 1 is 1.37 bits per heavy atom. The van der Waals surface area contributed by atoms with Crippen LogP contribution in [0, 0.1) is 3.57 Å². The summed E-state index contributed by atoms with van der Waals surface area (Å²) >= 11 is 2.20. The molecule has 4 nitrogen and oxygen atoms in total. The van der Waals surface area contributed by atoms with Crippen LogP contribution in [-0.2, 0) is 11.2 Å². The number of esters is 1. The highest BCUT2D eigenvalue weighted by molar-refractivity contribution is 14.1. The number of aryl methyl sites for hydroxylation is 1. The van der Waals surface area contributed by atoms with Gasteiger partial charge in [0.25, 0.3) is 0 Å². The van der Waals surface area contributed by atoms with Crippen LogP contribution in [-0.4, -0.2) is 17.6 Å². The van der Waals surface area contributed by atoms with Crippen LogP contribution >= 0.6 is 22.6 Å². The summed E-state index contributed by atoms with van der Waals surface area (Å²) in [5.74, 6) is -0.583. The third-order valence-corrected chi connectivity index (χ3v) is 3.93. The van der Waals surface area contributed by atoms with E-state index in [1.165, 1.54) is 11.8 Å². The summed E-state index contributed by atoms with van der Waals surface area (Å²) in [7, 11) is 0. The van der Waals surface area contributed by atoms with Crippen LogP contribution < -0.4 is 5.43 Å². The smallest absolute Gasteiger partial charge is 0.343 e. The fraction of sp³-hybridized carbons (Fsp3) is 0.286. The lowest BCUT2D eigenvalue weighted by Gasteiger charge is -2.06. The number of aromatic amines is 1. The van der Waals surface area contributed by atoms with Crippen LogP contribution in [0.15, 0.2) is 23.1 Å². The number of nitrogens with one attached hydrogen (secondary N) is 1. The van der Waals surface area contributed by atoms with E-state index in [1.54, 1.807) is 6.92 Å². The van der Waals surface area contributed by atoms with Gasteiger partial charge in [-0.2, -0.15) is 0 Å². The van der Waals surface area contributed by atoms with Gasteiger partial charge in [0.1, 0.15) is 5.56 Å². The predicted octanol–water partition coefficient (Wildman–Crippen LogP) is 2.87. The molecule has 0 unspecified atom stereocenters. The summed E-state index contributed by atoms with van der Waals surface area (Å²) in [6.07, 6.45) is 2.32. The summed E-state index contributed by atoms with van der Waals surface area (Å²) in [6, 6.07) is 3.77.